The maximum absolute atomic E-state index is 10.7. The van der Waals surface area contributed by atoms with Gasteiger partial charge in [-0.25, -0.2) is 4.79 Å². The molecule has 0 aromatic heterocycles. The number of hydrogen-bond acceptors (Lipinski definition) is 3. The van der Waals surface area contributed by atoms with Crippen molar-refractivity contribution in [3.8, 4) is 5.75 Å². The summed E-state index contributed by atoms with van der Waals surface area (Å²) in [4.78, 5) is 10.7. The molecule has 0 amide bonds. The van der Waals surface area contributed by atoms with Gasteiger partial charge in [-0.15, -0.1) is 0 Å². The van der Waals surface area contributed by atoms with Crippen molar-refractivity contribution in [1.29, 1.82) is 0 Å². The average Bonchev–Trinajstić information content (AvgIpc) is 2.48. The van der Waals surface area contributed by atoms with E-state index in [0.29, 0.717) is 12.4 Å². The number of fused-ring (bicyclic) bond motifs is 1. The fraction of sp³-hybridized carbons (Fsp3) is 0.222. The topological polar surface area (TPSA) is 72.5 Å². The molecule has 1 aliphatic rings. The lowest BCUT2D eigenvalue weighted by atomic mass is 10.1. The van der Waals surface area contributed by atoms with E-state index < -0.39 is 5.97 Å². The molecule has 1 aromatic rings. The molecule has 3 N–H and O–H groups in total. The van der Waals surface area contributed by atoms with E-state index in [2.05, 4.69) is 0 Å². The Morgan fingerprint density at radius 1 is 1.62 bits per heavy atom. The van der Waals surface area contributed by atoms with Gasteiger partial charge >= 0.3 is 5.97 Å². The molecule has 0 bridgehead atoms. The molecule has 1 unspecified atom stereocenters. The minimum Gasteiger partial charge on any atom is -0.490 e. The standard InChI is InChI=1S/C9H9NO3/c10-7-4-13-8-5(7)2-1-3-6(8)9(11)12/h1-3,7H,4,10H2,(H,11,12). The molecule has 0 saturated heterocycles. The fourth-order valence-corrected chi connectivity index (χ4v) is 1.44. The Balaban J connectivity index is 2.57. The van der Waals surface area contributed by atoms with Crippen molar-refractivity contribution in [2.24, 2.45) is 5.73 Å². The van der Waals surface area contributed by atoms with Gasteiger partial charge in [0.05, 0.1) is 6.04 Å². The highest BCUT2D eigenvalue weighted by Crippen LogP contribution is 2.33. The molecule has 0 spiro atoms. The van der Waals surface area contributed by atoms with Crippen LogP contribution in [0, 0.1) is 0 Å². The van der Waals surface area contributed by atoms with Crippen molar-refractivity contribution < 1.29 is 14.6 Å². The van der Waals surface area contributed by atoms with Crippen LogP contribution >= 0.6 is 0 Å². The largest absolute Gasteiger partial charge is 0.490 e. The first-order chi connectivity index (χ1) is 6.20. The van der Waals surface area contributed by atoms with E-state index in [1.54, 1.807) is 12.1 Å². The average molecular weight is 179 g/mol. The third-order valence-electron chi connectivity index (χ3n) is 2.08. The van der Waals surface area contributed by atoms with Gasteiger partial charge in [-0.05, 0) is 6.07 Å². The van der Waals surface area contributed by atoms with Crippen LogP contribution in [0.1, 0.15) is 22.0 Å². The summed E-state index contributed by atoms with van der Waals surface area (Å²) in [6.45, 7) is 0.361. The van der Waals surface area contributed by atoms with Crippen LogP contribution < -0.4 is 10.5 Å². The molecule has 4 nitrogen and oxygen atoms in total. The second kappa shape index (κ2) is 2.74. The van der Waals surface area contributed by atoms with Gasteiger partial charge in [-0.2, -0.15) is 0 Å². The van der Waals surface area contributed by atoms with Crippen LogP contribution in [0.2, 0.25) is 0 Å². The Kier molecular flexibility index (Phi) is 1.70. The van der Waals surface area contributed by atoms with E-state index in [1.807, 2.05) is 0 Å². The number of rotatable bonds is 1. The Morgan fingerprint density at radius 2 is 2.38 bits per heavy atom. The number of carboxylic acids is 1. The SMILES string of the molecule is NC1COc2c(C(=O)O)cccc21. The van der Waals surface area contributed by atoms with E-state index in [4.69, 9.17) is 15.6 Å². The smallest absolute Gasteiger partial charge is 0.339 e. The van der Waals surface area contributed by atoms with Crippen molar-refractivity contribution in [2.75, 3.05) is 6.61 Å². The zero-order valence-corrected chi connectivity index (χ0v) is 6.86. The predicted molar refractivity (Wildman–Crippen MR) is 45.8 cm³/mol. The molecule has 1 aromatic carbocycles. The lowest BCUT2D eigenvalue weighted by Gasteiger charge is -2.02. The summed E-state index contributed by atoms with van der Waals surface area (Å²) in [5.74, 6) is -0.562. The Morgan fingerprint density at radius 3 is 3.08 bits per heavy atom. The summed E-state index contributed by atoms with van der Waals surface area (Å²) >= 11 is 0. The number of para-hydroxylation sites is 1. The first-order valence-electron chi connectivity index (χ1n) is 3.94. The minimum atomic E-state index is -0.981. The molecule has 2 rings (SSSR count). The molecule has 0 saturated carbocycles. The molecular formula is C9H9NO3. The number of nitrogens with two attached hydrogens (primary N) is 1. The summed E-state index contributed by atoms with van der Waals surface area (Å²) in [7, 11) is 0. The molecule has 0 fully saturated rings. The van der Waals surface area contributed by atoms with E-state index >= 15 is 0 Å². The van der Waals surface area contributed by atoms with Gasteiger partial charge in [0, 0.05) is 5.56 Å². The molecular weight excluding hydrogens is 170 g/mol. The van der Waals surface area contributed by atoms with Crippen LogP contribution in [0.25, 0.3) is 0 Å². The summed E-state index contributed by atoms with van der Waals surface area (Å²) in [6.07, 6.45) is 0. The van der Waals surface area contributed by atoms with E-state index in [-0.39, 0.29) is 11.6 Å². The van der Waals surface area contributed by atoms with Crippen LogP contribution in [-0.4, -0.2) is 17.7 Å². The van der Waals surface area contributed by atoms with E-state index in [1.165, 1.54) is 6.07 Å². The van der Waals surface area contributed by atoms with Crippen molar-refractivity contribution in [3.63, 3.8) is 0 Å². The Hall–Kier alpha value is -1.55. The minimum absolute atomic E-state index is 0.186. The maximum atomic E-state index is 10.7. The Bertz CT molecular complexity index is 362. The lowest BCUT2D eigenvalue weighted by Crippen LogP contribution is -2.10. The predicted octanol–water partition coefficient (Wildman–Crippen LogP) is 0.777. The number of carbonyl (C=O) groups is 1. The van der Waals surface area contributed by atoms with Crippen molar-refractivity contribution in [1.82, 2.24) is 0 Å². The Labute approximate surface area is 74.9 Å². The summed E-state index contributed by atoms with van der Waals surface area (Å²) in [5, 5.41) is 8.81. The van der Waals surface area contributed by atoms with E-state index in [9.17, 15) is 4.79 Å². The summed E-state index contributed by atoms with van der Waals surface area (Å²) in [6, 6.07) is 4.78. The van der Waals surface area contributed by atoms with E-state index in [0.717, 1.165) is 5.56 Å². The van der Waals surface area contributed by atoms with Gasteiger partial charge in [-0.3, -0.25) is 0 Å². The first-order valence-corrected chi connectivity index (χ1v) is 3.94. The van der Waals surface area contributed by atoms with Crippen LogP contribution in [0.3, 0.4) is 0 Å². The van der Waals surface area contributed by atoms with Gasteiger partial charge in [0.1, 0.15) is 17.9 Å². The summed E-state index contributed by atoms with van der Waals surface area (Å²) < 4.78 is 5.20. The molecule has 13 heavy (non-hydrogen) atoms. The van der Waals surface area contributed by atoms with Gasteiger partial charge in [0.2, 0.25) is 0 Å². The van der Waals surface area contributed by atoms with Gasteiger partial charge in [0.25, 0.3) is 0 Å². The monoisotopic (exact) mass is 179 g/mol. The second-order valence-electron chi connectivity index (χ2n) is 2.95. The quantitative estimate of drug-likeness (QED) is 0.668. The van der Waals surface area contributed by atoms with Crippen LogP contribution in [0.5, 0.6) is 5.75 Å². The number of carboxylic acid groups (broad SMARTS) is 1. The third-order valence-corrected chi connectivity index (χ3v) is 2.08. The highest BCUT2D eigenvalue weighted by atomic mass is 16.5. The highest BCUT2D eigenvalue weighted by molar-refractivity contribution is 5.91. The van der Waals surface area contributed by atoms with Crippen LogP contribution in [-0.2, 0) is 0 Å². The molecule has 4 heteroatoms. The highest BCUT2D eigenvalue weighted by Gasteiger charge is 2.25. The second-order valence-corrected chi connectivity index (χ2v) is 2.95. The summed E-state index contributed by atoms with van der Waals surface area (Å²) in [5.41, 5.74) is 6.66. The molecule has 1 atom stereocenters. The lowest BCUT2D eigenvalue weighted by molar-refractivity contribution is 0.0693. The van der Waals surface area contributed by atoms with Gasteiger partial charge < -0.3 is 15.6 Å². The normalized spacial score (nSPS) is 19.3. The number of aromatic carboxylic acids is 1. The van der Waals surface area contributed by atoms with Crippen LogP contribution in [0.4, 0.5) is 0 Å². The van der Waals surface area contributed by atoms with Crippen LogP contribution in [0.15, 0.2) is 18.2 Å². The van der Waals surface area contributed by atoms with Crippen molar-refractivity contribution >= 4 is 5.97 Å². The first kappa shape index (κ1) is 8.07. The number of ether oxygens (including phenoxy) is 1. The maximum Gasteiger partial charge on any atom is 0.339 e. The molecule has 68 valence electrons. The number of hydrogen-bond donors (Lipinski definition) is 2. The molecule has 0 aliphatic carbocycles. The van der Waals surface area contributed by atoms with Gasteiger partial charge in [0.15, 0.2) is 0 Å². The third kappa shape index (κ3) is 1.15. The molecule has 1 heterocycles. The molecule has 1 aliphatic heterocycles. The molecule has 0 radical (unpaired) electrons. The van der Waals surface area contributed by atoms with Crippen molar-refractivity contribution in [3.05, 3.63) is 29.3 Å². The zero-order chi connectivity index (χ0) is 9.42. The van der Waals surface area contributed by atoms with Gasteiger partial charge in [-0.1, -0.05) is 12.1 Å². The zero-order valence-electron chi connectivity index (χ0n) is 6.86. The van der Waals surface area contributed by atoms with Crippen molar-refractivity contribution in [2.45, 2.75) is 6.04 Å². The fourth-order valence-electron chi connectivity index (χ4n) is 1.44. The number of benzene rings is 1.